The van der Waals surface area contributed by atoms with Crippen molar-refractivity contribution in [3.63, 3.8) is 0 Å². The van der Waals surface area contributed by atoms with Crippen LogP contribution in [-0.2, 0) is 0 Å². The minimum Gasteiger partial charge on any atom is -0.491 e. The topological polar surface area (TPSA) is 50.4 Å². The van der Waals surface area contributed by atoms with Crippen molar-refractivity contribution in [2.24, 2.45) is 0 Å². The molecule has 3 rings (SSSR count). The Labute approximate surface area is 130 Å². The third kappa shape index (κ3) is 2.91. The Kier molecular flexibility index (Phi) is 4.00. The molecule has 22 heavy (non-hydrogen) atoms. The number of anilines is 1. The minimum absolute atomic E-state index is 0.0562. The summed E-state index contributed by atoms with van der Waals surface area (Å²) in [5.41, 5.74) is 2.53. The quantitative estimate of drug-likeness (QED) is 0.904. The highest BCUT2D eigenvalue weighted by atomic mass is 16.5. The van der Waals surface area contributed by atoms with Crippen molar-refractivity contribution >= 4 is 11.6 Å². The predicted molar refractivity (Wildman–Crippen MR) is 87.1 cm³/mol. The Balaban J connectivity index is 1.77. The lowest BCUT2D eigenvalue weighted by molar-refractivity contribution is 0.0935. The van der Waals surface area contributed by atoms with Crippen LogP contribution in [0.4, 0.5) is 5.69 Å². The molecule has 1 aliphatic rings. The van der Waals surface area contributed by atoms with Crippen molar-refractivity contribution < 1.29 is 9.53 Å². The third-order valence-corrected chi connectivity index (χ3v) is 3.87. The van der Waals surface area contributed by atoms with E-state index in [-0.39, 0.29) is 18.2 Å². The van der Waals surface area contributed by atoms with Gasteiger partial charge in [0.1, 0.15) is 11.9 Å². The van der Waals surface area contributed by atoms with Gasteiger partial charge in [-0.05, 0) is 43.2 Å². The van der Waals surface area contributed by atoms with E-state index in [1.54, 1.807) is 0 Å². The number of carbonyl (C=O) groups is 1. The zero-order valence-electron chi connectivity index (χ0n) is 12.8. The molecule has 4 nitrogen and oxygen atoms in total. The maximum atomic E-state index is 12.1. The van der Waals surface area contributed by atoms with Crippen LogP contribution < -0.4 is 15.4 Å². The van der Waals surface area contributed by atoms with Crippen LogP contribution in [0.1, 0.15) is 42.4 Å². The van der Waals surface area contributed by atoms with E-state index in [0.717, 1.165) is 23.4 Å². The maximum Gasteiger partial charge on any atom is 0.255 e. The molecule has 4 heteroatoms. The highest BCUT2D eigenvalue weighted by molar-refractivity contribution is 6.01. The lowest BCUT2D eigenvalue weighted by Crippen LogP contribution is -2.38. The van der Waals surface area contributed by atoms with Gasteiger partial charge in [0.25, 0.3) is 5.91 Å². The van der Waals surface area contributed by atoms with Gasteiger partial charge in [0.05, 0.1) is 11.7 Å². The van der Waals surface area contributed by atoms with Gasteiger partial charge in [-0.1, -0.05) is 31.2 Å². The number of carbonyl (C=O) groups excluding carboxylic acids is 1. The predicted octanol–water partition coefficient (Wildman–Crippen LogP) is 3.72. The largest absolute Gasteiger partial charge is 0.491 e. The Morgan fingerprint density at radius 1 is 1.09 bits per heavy atom. The summed E-state index contributed by atoms with van der Waals surface area (Å²) in [6.45, 7) is 4.14. The highest BCUT2D eigenvalue weighted by Crippen LogP contribution is 2.27. The fraction of sp³-hybridized carbons (Fsp3) is 0.278. The molecule has 1 amide bonds. The average Bonchev–Trinajstić information content (AvgIpc) is 2.55. The van der Waals surface area contributed by atoms with Crippen LogP contribution in [0, 0.1) is 0 Å². The van der Waals surface area contributed by atoms with E-state index < -0.39 is 0 Å². The molecule has 1 heterocycles. The van der Waals surface area contributed by atoms with E-state index in [9.17, 15) is 4.79 Å². The lowest BCUT2D eigenvalue weighted by atomic mass is 10.1. The van der Waals surface area contributed by atoms with Crippen LogP contribution in [-0.4, -0.2) is 12.0 Å². The van der Waals surface area contributed by atoms with E-state index in [1.807, 2.05) is 55.5 Å². The van der Waals surface area contributed by atoms with Gasteiger partial charge in [0.15, 0.2) is 0 Å². The number of nitrogens with one attached hydrogen (secondary N) is 2. The second-order valence-corrected chi connectivity index (χ2v) is 5.50. The summed E-state index contributed by atoms with van der Waals surface area (Å²) in [4.78, 5) is 12.1. The van der Waals surface area contributed by atoms with Gasteiger partial charge in [-0.25, -0.2) is 0 Å². The van der Waals surface area contributed by atoms with Crippen LogP contribution in [0.3, 0.4) is 0 Å². The molecule has 0 saturated heterocycles. The first kappa shape index (κ1) is 14.4. The molecule has 2 aromatic rings. The Morgan fingerprint density at radius 2 is 1.82 bits per heavy atom. The van der Waals surface area contributed by atoms with Gasteiger partial charge in [-0.2, -0.15) is 0 Å². The summed E-state index contributed by atoms with van der Waals surface area (Å²) >= 11 is 0. The molecule has 0 aromatic heterocycles. The maximum absolute atomic E-state index is 12.1. The number of hydrogen-bond donors (Lipinski definition) is 2. The highest BCUT2D eigenvalue weighted by Gasteiger charge is 2.23. The molecule has 0 radical (unpaired) electrons. The molecule has 0 spiro atoms. The number of benzene rings is 2. The van der Waals surface area contributed by atoms with Gasteiger partial charge in [-0.3, -0.25) is 4.79 Å². The first-order chi connectivity index (χ1) is 10.7. The Bertz CT molecular complexity index is 667. The first-order valence-electron chi connectivity index (χ1n) is 7.60. The van der Waals surface area contributed by atoms with E-state index in [0.29, 0.717) is 5.56 Å². The standard InChI is InChI=1S/C18H20N2O2/c1-3-12(2)22-14-10-8-13(9-11-14)17-19-16-7-5-4-6-15(16)18(21)20-17/h4-12,17,19H,3H2,1-2H3,(H,20,21). The molecular formula is C18H20N2O2. The number of amides is 1. The van der Waals surface area contributed by atoms with Gasteiger partial charge in [-0.15, -0.1) is 0 Å². The molecule has 114 valence electrons. The van der Waals surface area contributed by atoms with E-state index in [1.165, 1.54) is 0 Å². The molecule has 0 fully saturated rings. The number of ether oxygens (including phenoxy) is 1. The van der Waals surface area contributed by atoms with E-state index in [4.69, 9.17) is 4.74 Å². The minimum atomic E-state index is -0.222. The second kappa shape index (κ2) is 6.10. The zero-order chi connectivity index (χ0) is 15.5. The molecule has 0 saturated carbocycles. The van der Waals surface area contributed by atoms with Crippen LogP contribution in [0.25, 0.3) is 0 Å². The Morgan fingerprint density at radius 3 is 2.55 bits per heavy atom. The molecule has 0 aliphatic carbocycles. The summed E-state index contributed by atoms with van der Waals surface area (Å²) in [6, 6.07) is 15.4. The van der Waals surface area contributed by atoms with Crippen LogP contribution in [0.2, 0.25) is 0 Å². The number of hydrogen-bond acceptors (Lipinski definition) is 3. The van der Waals surface area contributed by atoms with Gasteiger partial charge >= 0.3 is 0 Å². The summed E-state index contributed by atoms with van der Waals surface area (Å²) in [5, 5.41) is 6.31. The van der Waals surface area contributed by atoms with Crippen molar-refractivity contribution in [3.8, 4) is 5.75 Å². The molecule has 0 bridgehead atoms. The van der Waals surface area contributed by atoms with Crippen LogP contribution >= 0.6 is 0 Å². The SMILES string of the molecule is CCC(C)Oc1ccc(C2NC(=O)c3ccccc3N2)cc1. The van der Waals surface area contributed by atoms with Crippen molar-refractivity contribution in [3.05, 3.63) is 59.7 Å². The monoisotopic (exact) mass is 296 g/mol. The van der Waals surface area contributed by atoms with Crippen molar-refractivity contribution in [1.82, 2.24) is 5.32 Å². The number of rotatable bonds is 4. The molecule has 2 unspecified atom stereocenters. The molecule has 2 N–H and O–H groups in total. The van der Waals surface area contributed by atoms with Crippen molar-refractivity contribution in [2.45, 2.75) is 32.5 Å². The lowest BCUT2D eigenvalue weighted by Gasteiger charge is -2.28. The fourth-order valence-electron chi connectivity index (χ4n) is 2.43. The zero-order valence-corrected chi connectivity index (χ0v) is 12.8. The normalized spacial score (nSPS) is 17.9. The fourth-order valence-corrected chi connectivity index (χ4v) is 2.43. The number of fused-ring (bicyclic) bond motifs is 1. The molecular weight excluding hydrogens is 276 g/mol. The number of para-hydroxylation sites is 1. The average molecular weight is 296 g/mol. The van der Waals surface area contributed by atoms with E-state index in [2.05, 4.69) is 17.6 Å². The van der Waals surface area contributed by atoms with E-state index >= 15 is 0 Å². The Hall–Kier alpha value is -2.49. The molecule has 2 aromatic carbocycles. The smallest absolute Gasteiger partial charge is 0.255 e. The van der Waals surface area contributed by atoms with Crippen LogP contribution in [0.15, 0.2) is 48.5 Å². The molecule has 2 atom stereocenters. The van der Waals surface area contributed by atoms with Gasteiger partial charge in [0, 0.05) is 5.69 Å². The summed E-state index contributed by atoms with van der Waals surface area (Å²) < 4.78 is 5.78. The summed E-state index contributed by atoms with van der Waals surface area (Å²) in [5.74, 6) is 0.792. The van der Waals surface area contributed by atoms with Crippen molar-refractivity contribution in [2.75, 3.05) is 5.32 Å². The third-order valence-electron chi connectivity index (χ3n) is 3.87. The molecule has 1 aliphatic heterocycles. The second-order valence-electron chi connectivity index (χ2n) is 5.50. The summed E-state index contributed by atoms with van der Waals surface area (Å²) in [6.07, 6.45) is 0.948. The first-order valence-corrected chi connectivity index (χ1v) is 7.60. The van der Waals surface area contributed by atoms with Gasteiger partial charge < -0.3 is 15.4 Å². The summed E-state index contributed by atoms with van der Waals surface area (Å²) in [7, 11) is 0. The van der Waals surface area contributed by atoms with Crippen LogP contribution in [0.5, 0.6) is 5.75 Å². The van der Waals surface area contributed by atoms with Crippen molar-refractivity contribution in [1.29, 1.82) is 0 Å². The van der Waals surface area contributed by atoms with Gasteiger partial charge in [0.2, 0.25) is 0 Å².